The molecule has 10 heteroatoms. The third kappa shape index (κ3) is 5.93. The standard InChI is InChI=1S/C36H27ClF3N3O2S/c1-45-35(44)23-8-10-28(30(37)17-23)21-4-2-5-22(16-21)34-33(32-24(19-41)6-3-7-25(32)20-42)29-18-26(38)9-11-31(29)43(34)46-27-12-14-36(39,40)15-13-27/h2-11,16,18,27,30H,12-15,17H2,1H3. The molecule has 1 saturated carbocycles. The molecule has 5 nitrogen and oxygen atoms in total. The molecule has 1 unspecified atom stereocenters. The molecule has 0 N–H and O–H groups in total. The lowest BCUT2D eigenvalue weighted by molar-refractivity contribution is -0.136. The quantitative estimate of drug-likeness (QED) is 0.152. The van der Waals surface area contributed by atoms with Crippen LogP contribution in [0.3, 0.4) is 0 Å². The third-order valence-electron chi connectivity index (χ3n) is 8.48. The van der Waals surface area contributed by atoms with Crippen LogP contribution in [0.4, 0.5) is 13.2 Å². The number of ether oxygens (including phenoxy) is 1. The highest BCUT2D eigenvalue weighted by molar-refractivity contribution is 7.98. The summed E-state index contributed by atoms with van der Waals surface area (Å²) in [7, 11) is 1.32. The molecule has 3 aromatic carbocycles. The van der Waals surface area contributed by atoms with Crippen LogP contribution < -0.4 is 0 Å². The number of halogens is 4. The van der Waals surface area contributed by atoms with Gasteiger partial charge in [0.1, 0.15) is 5.82 Å². The first-order valence-corrected chi connectivity index (χ1v) is 16.0. The minimum Gasteiger partial charge on any atom is -0.466 e. The molecule has 46 heavy (non-hydrogen) atoms. The van der Waals surface area contributed by atoms with E-state index >= 15 is 0 Å². The lowest BCUT2D eigenvalue weighted by Crippen LogP contribution is -2.26. The summed E-state index contributed by atoms with van der Waals surface area (Å²) in [5.41, 5.74) is 5.33. The molecule has 1 atom stereocenters. The Hall–Kier alpha value is -4.44. The van der Waals surface area contributed by atoms with Crippen LogP contribution in [0.25, 0.3) is 38.9 Å². The van der Waals surface area contributed by atoms with Crippen molar-refractivity contribution in [1.82, 2.24) is 3.97 Å². The number of carbonyl (C=O) groups is 1. The zero-order chi connectivity index (χ0) is 32.6. The normalized spacial score (nSPS) is 17.9. The van der Waals surface area contributed by atoms with Crippen LogP contribution in [0, 0.1) is 28.5 Å². The van der Waals surface area contributed by atoms with Crippen molar-refractivity contribution in [2.24, 2.45) is 0 Å². The van der Waals surface area contributed by atoms with Crippen LogP contribution in [0.15, 0.2) is 78.4 Å². The van der Waals surface area contributed by atoms with E-state index in [2.05, 4.69) is 12.1 Å². The minimum absolute atomic E-state index is 0.146. The fourth-order valence-electron chi connectivity index (χ4n) is 6.21. The molecule has 0 amide bonds. The summed E-state index contributed by atoms with van der Waals surface area (Å²) in [6.07, 6.45) is 3.89. The number of methoxy groups -OCH3 is 1. The Bertz CT molecular complexity index is 1980. The van der Waals surface area contributed by atoms with Crippen LogP contribution in [-0.4, -0.2) is 33.6 Å². The smallest absolute Gasteiger partial charge is 0.333 e. The number of aromatic nitrogens is 1. The van der Waals surface area contributed by atoms with Gasteiger partial charge in [-0.15, -0.1) is 11.6 Å². The first-order chi connectivity index (χ1) is 22.1. The number of carbonyl (C=O) groups excluding carboxylic acids is 1. The molecule has 0 radical (unpaired) electrons. The molecule has 0 saturated heterocycles. The van der Waals surface area contributed by atoms with Crippen LogP contribution in [0.5, 0.6) is 0 Å². The van der Waals surface area contributed by atoms with Gasteiger partial charge in [0.05, 0.1) is 47.0 Å². The lowest BCUT2D eigenvalue weighted by Gasteiger charge is -2.28. The molecule has 1 aromatic heterocycles. The van der Waals surface area contributed by atoms with E-state index in [0.717, 1.165) is 11.1 Å². The fourth-order valence-corrected chi connectivity index (χ4v) is 7.89. The van der Waals surface area contributed by atoms with E-state index < -0.39 is 23.1 Å². The molecular formula is C36H27ClF3N3O2S. The van der Waals surface area contributed by atoms with E-state index in [1.165, 1.54) is 31.2 Å². The molecule has 1 fully saturated rings. The first kappa shape index (κ1) is 31.5. The Labute approximate surface area is 273 Å². The SMILES string of the molecule is COC(=O)C1=CC=C(c2cccc(-c3c(-c4c(C#N)cccc4C#N)c4cc(F)ccc4n3SC3CCC(F)(F)CC3)c2)C(Cl)C1. The van der Waals surface area contributed by atoms with Gasteiger partial charge >= 0.3 is 5.97 Å². The van der Waals surface area contributed by atoms with Gasteiger partial charge in [-0.05, 0) is 72.3 Å². The van der Waals surface area contributed by atoms with Gasteiger partial charge in [0.25, 0.3) is 0 Å². The number of nitrogens with zero attached hydrogens (tertiary/aromatic N) is 3. The van der Waals surface area contributed by atoms with Crippen LogP contribution >= 0.6 is 23.5 Å². The van der Waals surface area contributed by atoms with E-state index in [1.807, 2.05) is 28.2 Å². The molecule has 0 aliphatic heterocycles. The van der Waals surface area contributed by atoms with Gasteiger partial charge in [0.15, 0.2) is 0 Å². The highest BCUT2D eigenvalue weighted by Gasteiger charge is 2.36. The Kier molecular flexibility index (Phi) is 8.74. The maximum atomic E-state index is 15.0. The molecule has 6 rings (SSSR count). The number of nitriles is 2. The molecule has 1 heterocycles. The highest BCUT2D eigenvalue weighted by Crippen LogP contribution is 2.48. The van der Waals surface area contributed by atoms with E-state index in [1.54, 1.807) is 36.4 Å². The van der Waals surface area contributed by atoms with Crippen molar-refractivity contribution >= 4 is 46.0 Å². The van der Waals surface area contributed by atoms with Crippen LogP contribution in [-0.2, 0) is 9.53 Å². The molecule has 4 aromatic rings. The average Bonchev–Trinajstić information content (AvgIpc) is 3.37. The minimum atomic E-state index is -2.71. The Balaban J connectivity index is 1.61. The predicted molar refractivity (Wildman–Crippen MR) is 175 cm³/mol. The zero-order valence-corrected chi connectivity index (χ0v) is 26.3. The van der Waals surface area contributed by atoms with E-state index in [-0.39, 0.29) is 35.6 Å². The second-order valence-electron chi connectivity index (χ2n) is 11.3. The summed E-state index contributed by atoms with van der Waals surface area (Å²) < 4.78 is 50.0. The molecule has 0 bridgehead atoms. The van der Waals surface area contributed by atoms with Crippen molar-refractivity contribution < 1.29 is 22.7 Å². The third-order valence-corrected chi connectivity index (χ3v) is 10.2. The maximum Gasteiger partial charge on any atom is 0.333 e. The van der Waals surface area contributed by atoms with E-state index in [4.69, 9.17) is 16.3 Å². The summed E-state index contributed by atoms with van der Waals surface area (Å²) in [5, 5.41) is 20.1. The molecule has 2 aliphatic rings. The Morgan fingerprint density at radius 3 is 2.30 bits per heavy atom. The lowest BCUT2D eigenvalue weighted by atomic mass is 9.89. The number of benzene rings is 3. The molecule has 2 aliphatic carbocycles. The molecule has 0 spiro atoms. The number of alkyl halides is 3. The van der Waals surface area contributed by atoms with Gasteiger partial charge in [-0.3, -0.25) is 3.97 Å². The topological polar surface area (TPSA) is 78.8 Å². The second-order valence-corrected chi connectivity index (χ2v) is 13.1. The summed E-state index contributed by atoms with van der Waals surface area (Å²) in [6, 6.07) is 21.2. The second kappa shape index (κ2) is 12.7. The monoisotopic (exact) mass is 657 g/mol. The van der Waals surface area contributed by atoms with Gasteiger partial charge in [-0.25, -0.2) is 18.0 Å². The average molecular weight is 658 g/mol. The van der Waals surface area contributed by atoms with Crippen LogP contribution in [0.1, 0.15) is 48.8 Å². The van der Waals surface area contributed by atoms with E-state index in [0.29, 0.717) is 51.7 Å². The number of hydrogen-bond donors (Lipinski definition) is 0. The van der Waals surface area contributed by atoms with Gasteiger partial charge in [0.2, 0.25) is 5.92 Å². The summed E-state index contributed by atoms with van der Waals surface area (Å²) in [4.78, 5) is 12.1. The van der Waals surface area contributed by atoms with Crippen molar-refractivity contribution in [1.29, 1.82) is 10.5 Å². The van der Waals surface area contributed by atoms with Crippen molar-refractivity contribution in [3.8, 4) is 34.5 Å². The predicted octanol–water partition coefficient (Wildman–Crippen LogP) is 9.43. The van der Waals surface area contributed by atoms with E-state index in [9.17, 15) is 28.5 Å². The Morgan fingerprint density at radius 1 is 0.978 bits per heavy atom. The Morgan fingerprint density at radius 2 is 1.65 bits per heavy atom. The van der Waals surface area contributed by atoms with Crippen molar-refractivity contribution in [3.63, 3.8) is 0 Å². The number of esters is 1. The number of fused-ring (bicyclic) bond motifs is 1. The summed E-state index contributed by atoms with van der Waals surface area (Å²) in [5.74, 6) is -3.65. The van der Waals surface area contributed by atoms with Crippen molar-refractivity contribution in [2.45, 2.75) is 48.7 Å². The van der Waals surface area contributed by atoms with Gasteiger partial charge in [0, 0.05) is 52.2 Å². The summed E-state index contributed by atoms with van der Waals surface area (Å²) in [6.45, 7) is 0. The van der Waals surface area contributed by atoms with Crippen LogP contribution in [0.2, 0.25) is 0 Å². The fraction of sp³-hybridized carbons (Fsp3) is 0.250. The highest BCUT2D eigenvalue weighted by atomic mass is 35.5. The largest absolute Gasteiger partial charge is 0.466 e. The van der Waals surface area contributed by atoms with Gasteiger partial charge in [-0.2, -0.15) is 10.5 Å². The first-order valence-electron chi connectivity index (χ1n) is 14.7. The number of allylic oxidation sites excluding steroid dienone is 3. The summed E-state index contributed by atoms with van der Waals surface area (Å²) >= 11 is 8.19. The molecule has 232 valence electrons. The van der Waals surface area contributed by atoms with Gasteiger partial charge < -0.3 is 4.74 Å². The zero-order valence-electron chi connectivity index (χ0n) is 24.7. The maximum absolute atomic E-state index is 15.0. The van der Waals surface area contributed by atoms with Crippen molar-refractivity contribution in [2.75, 3.05) is 7.11 Å². The van der Waals surface area contributed by atoms with Gasteiger partial charge in [-0.1, -0.05) is 36.4 Å². The molecular weight excluding hydrogens is 631 g/mol. The number of rotatable bonds is 6. The number of hydrogen-bond acceptors (Lipinski definition) is 5. The van der Waals surface area contributed by atoms with Crippen molar-refractivity contribution in [3.05, 3.63) is 101 Å².